The highest BCUT2D eigenvalue weighted by molar-refractivity contribution is 5.94. The quantitative estimate of drug-likeness (QED) is 0.440. The van der Waals surface area contributed by atoms with Crippen LogP contribution in [-0.2, 0) is 7.05 Å². The third kappa shape index (κ3) is 4.00. The van der Waals surface area contributed by atoms with E-state index in [1.807, 2.05) is 64.3 Å². The van der Waals surface area contributed by atoms with E-state index in [1.54, 1.807) is 32.0 Å². The number of rotatable bonds is 6. The van der Waals surface area contributed by atoms with Crippen molar-refractivity contribution >= 4 is 5.91 Å². The van der Waals surface area contributed by atoms with Gasteiger partial charge in [-0.3, -0.25) is 9.48 Å². The van der Waals surface area contributed by atoms with E-state index in [4.69, 9.17) is 9.47 Å². The van der Waals surface area contributed by atoms with Gasteiger partial charge in [0.2, 0.25) is 0 Å². The Balaban J connectivity index is 1.34. The molecule has 1 unspecified atom stereocenters. The van der Waals surface area contributed by atoms with Gasteiger partial charge in [0.25, 0.3) is 5.91 Å². The minimum absolute atomic E-state index is 0.0611. The number of amides is 1. The normalized spacial score (nSPS) is 15.5. The van der Waals surface area contributed by atoms with Crippen molar-refractivity contribution in [2.24, 2.45) is 7.05 Å². The molecule has 4 aromatic rings. The van der Waals surface area contributed by atoms with Gasteiger partial charge in [0.1, 0.15) is 22.9 Å². The first-order valence-electron chi connectivity index (χ1n) is 11.1. The number of hydrogen-bond acceptors (Lipinski definition) is 6. The zero-order chi connectivity index (χ0) is 23.7. The van der Waals surface area contributed by atoms with E-state index in [1.165, 1.54) is 0 Å². The number of likely N-dealkylation sites (tertiary alicyclic amines) is 1. The summed E-state index contributed by atoms with van der Waals surface area (Å²) in [5.74, 6) is 1.30. The molecule has 3 heterocycles. The van der Waals surface area contributed by atoms with Crippen molar-refractivity contribution in [3.8, 4) is 34.0 Å². The predicted octanol–water partition coefficient (Wildman–Crippen LogP) is 3.45. The van der Waals surface area contributed by atoms with Crippen molar-refractivity contribution in [3.63, 3.8) is 0 Å². The Labute approximate surface area is 197 Å². The Hall–Kier alpha value is -4.14. The zero-order valence-corrected chi connectivity index (χ0v) is 19.4. The zero-order valence-electron chi connectivity index (χ0n) is 19.4. The highest BCUT2D eigenvalue weighted by Gasteiger charge is 2.31. The van der Waals surface area contributed by atoms with Gasteiger partial charge in [-0.05, 0) is 30.7 Å². The lowest BCUT2D eigenvalue weighted by Gasteiger charge is -2.16. The average molecular weight is 459 g/mol. The summed E-state index contributed by atoms with van der Waals surface area (Å²) < 4.78 is 14.3. The van der Waals surface area contributed by atoms with E-state index in [9.17, 15) is 4.79 Å². The van der Waals surface area contributed by atoms with Crippen molar-refractivity contribution in [3.05, 3.63) is 66.5 Å². The van der Waals surface area contributed by atoms with Gasteiger partial charge < -0.3 is 14.4 Å². The molecule has 0 bridgehead atoms. The number of carbonyl (C=O) groups excluding carboxylic acids is 1. The maximum Gasteiger partial charge on any atom is 0.272 e. The Bertz CT molecular complexity index is 1310. The van der Waals surface area contributed by atoms with Crippen molar-refractivity contribution in [2.45, 2.75) is 12.5 Å². The van der Waals surface area contributed by atoms with Crippen LogP contribution in [0.5, 0.6) is 11.5 Å². The summed E-state index contributed by atoms with van der Waals surface area (Å²) in [6.07, 6.45) is 2.77. The van der Waals surface area contributed by atoms with E-state index in [2.05, 4.69) is 15.4 Å². The van der Waals surface area contributed by atoms with Gasteiger partial charge >= 0.3 is 0 Å². The Morgan fingerprint density at radius 3 is 2.62 bits per heavy atom. The predicted molar refractivity (Wildman–Crippen MR) is 127 cm³/mol. The number of nitrogens with zero attached hydrogens (tertiary/aromatic N) is 6. The molecule has 0 N–H and O–H groups in total. The van der Waals surface area contributed by atoms with Crippen LogP contribution in [0.4, 0.5) is 0 Å². The molecule has 1 aliphatic heterocycles. The fraction of sp³-hybridized carbons (Fsp3) is 0.280. The second-order valence-corrected chi connectivity index (χ2v) is 8.25. The summed E-state index contributed by atoms with van der Waals surface area (Å²) in [5.41, 5.74) is 3.79. The van der Waals surface area contributed by atoms with Gasteiger partial charge in [0.15, 0.2) is 0 Å². The first-order valence-corrected chi connectivity index (χ1v) is 11.1. The Morgan fingerprint density at radius 1 is 1.03 bits per heavy atom. The number of ether oxygens (including phenoxy) is 2. The molecule has 1 saturated heterocycles. The average Bonchev–Trinajstić information content (AvgIpc) is 3.63. The molecule has 9 nitrogen and oxygen atoms in total. The molecule has 5 rings (SSSR count). The van der Waals surface area contributed by atoms with Gasteiger partial charge in [-0.25, -0.2) is 4.68 Å². The summed E-state index contributed by atoms with van der Waals surface area (Å²) in [4.78, 5) is 15.2. The summed E-state index contributed by atoms with van der Waals surface area (Å²) in [5, 5.41) is 13.2. The van der Waals surface area contributed by atoms with Crippen molar-refractivity contribution in [2.75, 3.05) is 27.3 Å². The summed E-state index contributed by atoms with van der Waals surface area (Å²) in [7, 11) is 5.00. The summed E-state index contributed by atoms with van der Waals surface area (Å²) in [6, 6.07) is 17.4. The first-order chi connectivity index (χ1) is 16.6. The lowest BCUT2D eigenvalue weighted by molar-refractivity contribution is 0.0776. The van der Waals surface area contributed by atoms with Gasteiger partial charge in [-0.15, -0.1) is 5.10 Å². The molecule has 1 amide bonds. The standard InChI is InChI=1S/C25H26N6O3/c1-29-23(14-21(27-29)20-13-19(33-2)9-10-24(20)34-3)25(32)30-12-11-18(15-30)31-16-22(26-28-31)17-7-5-4-6-8-17/h4-10,13-14,16,18H,11-12,15H2,1-3H3. The second-order valence-electron chi connectivity index (χ2n) is 8.25. The topological polar surface area (TPSA) is 87.3 Å². The first kappa shape index (κ1) is 21.7. The maximum atomic E-state index is 13.4. The fourth-order valence-corrected chi connectivity index (χ4v) is 4.31. The molecule has 174 valence electrons. The molecule has 2 aromatic heterocycles. The monoisotopic (exact) mass is 458 g/mol. The van der Waals surface area contributed by atoms with Crippen molar-refractivity contribution < 1.29 is 14.3 Å². The summed E-state index contributed by atoms with van der Waals surface area (Å²) >= 11 is 0. The molecular weight excluding hydrogens is 432 g/mol. The van der Waals surface area contributed by atoms with Gasteiger partial charge in [0.05, 0.1) is 32.2 Å². The van der Waals surface area contributed by atoms with E-state index >= 15 is 0 Å². The molecular formula is C25H26N6O3. The minimum atomic E-state index is -0.0611. The highest BCUT2D eigenvalue weighted by atomic mass is 16.5. The number of carbonyl (C=O) groups is 1. The van der Waals surface area contributed by atoms with Gasteiger partial charge in [0, 0.05) is 31.3 Å². The number of aryl methyl sites for hydroxylation is 1. The molecule has 0 aliphatic carbocycles. The van der Waals surface area contributed by atoms with Crippen molar-refractivity contribution in [1.82, 2.24) is 29.7 Å². The van der Waals surface area contributed by atoms with Crippen LogP contribution in [-0.4, -0.2) is 62.9 Å². The minimum Gasteiger partial charge on any atom is -0.497 e. The van der Waals surface area contributed by atoms with E-state index in [0.29, 0.717) is 36.0 Å². The van der Waals surface area contributed by atoms with Crippen LogP contribution in [0.3, 0.4) is 0 Å². The molecule has 1 atom stereocenters. The highest BCUT2D eigenvalue weighted by Crippen LogP contribution is 2.33. The molecule has 0 saturated carbocycles. The van der Waals surface area contributed by atoms with Crippen LogP contribution < -0.4 is 9.47 Å². The maximum absolute atomic E-state index is 13.4. The van der Waals surface area contributed by atoms with E-state index in [-0.39, 0.29) is 11.9 Å². The molecule has 34 heavy (non-hydrogen) atoms. The SMILES string of the molecule is COc1ccc(OC)c(-c2cc(C(=O)N3CCC(n4cc(-c5ccccc5)nn4)C3)n(C)n2)c1. The lowest BCUT2D eigenvalue weighted by Crippen LogP contribution is -2.30. The van der Waals surface area contributed by atoms with Crippen LogP contribution >= 0.6 is 0 Å². The van der Waals surface area contributed by atoms with Crippen LogP contribution in [0.1, 0.15) is 23.0 Å². The number of aromatic nitrogens is 5. The summed E-state index contributed by atoms with van der Waals surface area (Å²) in [6.45, 7) is 1.21. The van der Waals surface area contributed by atoms with E-state index < -0.39 is 0 Å². The molecule has 0 radical (unpaired) electrons. The Morgan fingerprint density at radius 2 is 1.85 bits per heavy atom. The number of methoxy groups -OCH3 is 2. The smallest absolute Gasteiger partial charge is 0.272 e. The van der Waals surface area contributed by atoms with Crippen LogP contribution in [0.2, 0.25) is 0 Å². The number of benzene rings is 2. The van der Waals surface area contributed by atoms with Gasteiger partial charge in [-0.2, -0.15) is 5.10 Å². The van der Waals surface area contributed by atoms with Crippen LogP contribution in [0.25, 0.3) is 22.5 Å². The largest absolute Gasteiger partial charge is 0.497 e. The second kappa shape index (κ2) is 9.01. The van der Waals surface area contributed by atoms with Crippen LogP contribution in [0, 0.1) is 0 Å². The Kier molecular flexibility index (Phi) is 5.75. The molecule has 9 heteroatoms. The lowest BCUT2D eigenvalue weighted by atomic mass is 10.1. The molecule has 1 fully saturated rings. The third-order valence-corrected chi connectivity index (χ3v) is 6.19. The number of hydrogen-bond donors (Lipinski definition) is 0. The van der Waals surface area contributed by atoms with E-state index in [0.717, 1.165) is 23.2 Å². The third-order valence-electron chi connectivity index (χ3n) is 6.19. The molecule has 2 aromatic carbocycles. The van der Waals surface area contributed by atoms with Gasteiger partial charge in [-0.1, -0.05) is 35.5 Å². The molecule has 0 spiro atoms. The van der Waals surface area contributed by atoms with Crippen LogP contribution in [0.15, 0.2) is 60.8 Å². The molecule has 1 aliphatic rings. The fourth-order valence-electron chi connectivity index (χ4n) is 4.31. The van der Waals surface area contributed by atoms with Crippen molar-refractivity contribution in [1.29, 1.82) is 0 Å².